The van der Waals surface area contributed by atoms with Gasteiger partial charge in [0.1, 0.15) is 0 Å². The lowest BCUT2D eigenvalue weighted by Crippen LogP contribution is -2.61. The topological polar surface area (TPSA) is 49.4 Å². The van der Waals surface area contributed by atoms with E-state index in [1.807, 2.05) is 0 Å². The molecule has 5 aliphatic rings. The summed E-state index contributed by atoms with van der Waals surface area (Å²) >= 11 is 0. The number of carbonyl (C=O) groups is 2. The van der Waals surface area contributed by atoms with Crippen molar-refractivity contribution in [2.75, 3.05) is 13.1 Å². The molecule has 0 radical (unpaired) electrons. The van der Waals surface area contributed by atoms with Crippen LogP contribution >= 0.6 is 0 Å². The van der Waals surface area contributed by atoms with Crippen molar-refractivity contribution in [1.29, 1.82) is 0 Å². The molecule has 0 aromatic heterocycles. The Morgan fingerprint density at radius 1 is 0.897 bits per heavy atom. The molecule has 7 atom stereocenters. The van der Waals surface area contributed by atoms with Gasteiger partial charge in [-0.3, -0.25) is 9.59 Å². The van der Waals surface area contributed by atoms with Crippen LogP contribution in [0.1, 0.15) is 90.9 Å². The number of likely N-dealkylation sites (tertiary alicyclic amines) is 1. The Morgan fingerprint density at radius 2 is 1.62 bits per heavy atom. The lowest BCUT2D eigenvalue weighted by Gasteiger charge is -2.60. The van der Waals surface area contributed by atoms with E-state index >= 15 is 0 Å². The van der Waals surface area contributed by atoms with E-state index in [4.69, 9.17) is 0 Å². The summed E-state index contributed by atoms with van der Waals surface area (Å²) < 4.78 is 0. The van der Waals surface area contributed by atoms with Crippen LogP contribution in [-0.2, 0) is 9.59 Å². The first-order valence-corrected chi connectivity index (χ1v) is 12.5. The molecule has 2 amide bonds. The molecule has 0 spiro atoms. The van der Waals surface area contributed by atoms with E-state index in [1.165, 1.54) is 51.4 Å². The Bertz CT molecular complexity index is 670. The van der Waals surface area contributed by atoms with Gasteiger partial charge in [-0.2, -0.15) is 0 Å². The highest BCUT2D eigenvalue weighted by Crippen LogP contribution is 2.65. The first-order chi connectivity index (χ1) is 13.9. The lowest BCUT2D eigenvalue weighted by molar-refractivity contribution is -0.147. The Kier molecular flexibility index (Phi) is 4.98. The van der Waals surface area contributed by atoms with E-state index in [0.717, 1.165) is 44.2 Å². The van der Waals surface area contributed by atoms with Gasteiger partial charge in [0.15, 0.2) is 0 Å². The van der Waals surface area contributed by atoms with Gasteiger partial charge >= 0.3 is 0 Å². The lowest BCUT2D eigenvalue weighted by atomic mass is 9.47. The Hall–Kier alpha value is -1.06. The molecule has 1 N–H and O–H groups in total. The number of hydrogen-bond donors (Lipinski definition) is 1. The number of fused-ring (bicyclic) bond motifs is 5. The van der Waals surface area contributed by atoms with Crippen LogP contribution in [0.5, 0.6) is 0 Å². The van der Waals surface area contributed by atoms with E-state index in [0.29, 0.717) is 24.3 Å². The number of amides is 2. The van der Waals surface area contributed by atoms with E-state index in [-0.39, 0.29) is 22.7 Å². The summed E-state index contributed by atoms with van der Waals surface area (Å²) in [4.78, 5) is 27.8. The summed E-state index contributed by atoms with van der Waals surface area (Å²) in [5.41, 5.74) is 0.469. The van der Waals surface area contributed by atoms with Gasteiger partial charge < -0.3 is 10.2 Å². The van der Waals surface area contributed by atoms with Gasteiger partial charge in [-0.15, -0.1) is 0 Å². The molecule has 2 saturated heterocycles. The monoisotopic (exact) mass is 400 g/mol. The van der Waals surface area contributed by atoms with E-state index in [1.54, 1.807) is 0 Å². The second-order valence-electron chi connectivity index (χ2n) is 11.5. The molecule has 4 nitrogen and oxygen atoms in total. The third kappa shape index (κ3) is 3.07. The van der Waals surface area contributed by atoms with Gasteiger partial charge in [0.2, 0.25) is 11.8 Å². The average Bonchev–Trinajstić information content (AvgIpc) is 2.88. The van der Waals surface area contributed by atoms with Crippen molar-refractivity contribution < 1.29 is 9.59 Å². The second kappa shape index (κ2) is 7.27. The minimum absolute atomic E-state index is 0.200. The normalized spacial score (nSPS) is 47.4. The number of piperidine rings is 1. The summed E-state index contributed by atoms with van der Waals surface area (Å²) in [6.45, 7) is 6.91. The molecule has 0 aromatic rings. The number of nitrogens with one attached hydrogen (secondary N) is 1. The van der Waals surface area contributed by atoms with Crippen LogP contribution in [0.4, 0.5) is 0 Å². The molecule has 5 rings (SSSR count). The average molecular weight is 401 g/mol. The van der Waals surface area contributed by atoms with Crippen LogP contribution in [0.25, 0.3) is 0 Å². The molecule has 3 saturated carbocycles. The number of hydrogen-bond acceptors (Lipinski definition) is 2. The summed E-state index contributed by atoms with van der Waals surface area (Å²) in [5, 5.41) is 3.34. The summed E-state index contributed by atoms with van der Waals surface area (Å²) in [6.07, 6.45) is 13.9. The predicted molar refractivity (Wildman–Crippen MR) is 114 cm³/mol. The van der Waals surface area contributed by atoms with Crippen molar-refractivity contribution in [2.45, 2.75) is 96.9 Å². The number of carbonyl (C=O) groups excluding carboxylic acids is 2. The summed E-state index contributed by atoms with van der Waals surface area (Å²) in [7, 11) is 0. The van der Waals surface area contributed by atoms with Crippen LogP contribution in [0, 0.1) is 34.5 Å². The minimum Gasteiger partial charge on any atom is -0.353 e. The van der Waals surface area contributed by atoms with E-state index in [2.05, 4.69) is 24.1 Å². The number of rotatable bonds is 1. The highest BCUT2D eigenvalue weighted by Gasteiger charge is 2.61. The maximum absolute atomic E-state index is 13.6. The third-order valence-electron chi connectivity index (χ3n) is 10.3. The SMILES string of the molecule is C[C@]12CCC(=O)N[C@@H]1CC[C@@H]1[C@@H]2CC[C@]2(C)[C@@H](C(=O)N3CCCCCC3)CC[C@@H]12. The van der Waals surface area contributed by atoms with Crippen molar-refractivity contribution in [3.63, 3.8) is 0 Å². The van der Waals surface area contributed by atoms with Crippen molar-refractivity contribution in [2.24, 2.45) is 34.5 Å². The van der Waals surface area contributed by atoms with E-state index < -0.39 is 0 Å². The van der Waals surface area contributed by atoms with Crippen molar-refractivity contribution in [1.82, 2.24) is 10.2 Å². The van der Waals surface area contributed by atoms with Gasteiger partial charge in [0.25, 0.3) is 0 Å². The minimum atomic E-state index is 0.200. The standard InChI is InChI=1S/C25H40N2O2/c1-24-13-11-19-17(7-10-21-25(19,2)14-12-22(28)26-21)18(24)8-9-20(24)23(29)27-15-5-3-4-6-16-27/h17-21H,3-16H2,1-2H3,(H,26,28)/t17-,18-,19-,20+,21+,24-,25+/m0/s1. The van der Waals surface area contributed by atoms with Gasteiger partial charge in [0, 0.05) is 31.5 Å². The van der Waals surface area contributed by atoms with Crippen LogP contribution in [0.15, 0.2) is 0 Å². The van der Waals surface area contributed by atoms with Crippen LogP contribution in [0.2, 0.25) is 0 Å². The van der Waals surface area contributed by atoms with Gasteiger partial charge in [-0.05, 0) is 86.4 Å². The number of nitrogens with zero attached hydrogens (tertiary/aromatic N) is 1. The molecule has 3 aliphatic carbocycles. The molecule has 0 bridgehead atoms. The molecule has 0 aromatic carbocycles. The maximum atomic E-state index is 13.6. The zero-order valence-corrected chi connectivity index (χ0v) is 18.5. The predicted octanol–water partition coefficient (Wildman–Crippen LogP) is 4.53. The highest BCUT2D eigenvalue weighted by molar-refractivity contribution is 5.80. The molecule has 162 valence electrons. The molecule has 0 unspecified atom stereocenters. The molecular formula is C25H40N2O2. The Morgan fingerprint density at radius 3 is 2.38 bits per heavy atom. The Labute approximate surface area is 176 Å². The van der Waals surface area contributed by atoms with Crippen molar-refractivity contribution >= 4 is 11.8 Å². The maximum Gasteiger partial charge on any atom is 0.226 e. The highest BCUT2D eigenvalue weighted by atomic mass is 16.2. The first-order valence-electron chi connectivity index (χ1n) is 12.5. The fourth-order valence-corrected chi connectivity index (χ4v) is 8.62. The largest absolute Gasteiger partial charge is 0.353 e. The first kappa shape index (κ1) is 19.9. The molecular weight excluding hydrogens is 360 g/mol. The van der Waals surface area contributed by atoms with Crippen LogP contribution in [-0.4, -0.2) is 35.8 Å². The third-order valence-corrected chi connectivity index (χ3v) is 10.3. The van der Waals surface area contributed by atoms with Crippen LogP contribution < -0.4 is 5.32 Å². The van der Waals surface area contributed by atoms with Gasteiger partial charge in [-0.25, -0.2) is 0 Å². The van der Waals surface area contributed by atoms with E-state index in [9.17, 15) is 9.59 Å². The van der Waals surface area contributed by atoms with Crippen LogP contribution in [0.3, 0.4) is 0 Å². The molecule has 4 heteroatoms. The summed E-state index contributed by atoms with van der Waals surface area (Å²) in [5.74, 6) is 3.19. The smallest absolute Gasteiger partial charge is 0.226 e. The van der Waals surface area contributed by atoms with Crippen molar-refractivity contribution in [3.05, 3.63) is 0 Å². The molecule has 29 heavy (non-hydrogen) atoms. The molecule has 2 aliphatic heterocycles. The molecule has 5 fully saturated rings. The van der Waals surface area contributed by atoms with Gasteiger partial charge in [0.05, 0.1) is 0 Å². The summed E-state index contributed by atoms with van der Waals surface area (Å²) in [6, 6.07) is 0.380. The zero-order valence-electron chi connectivity index (χ0n) is 18.5. The molecule has 2 heterocycles. The zero-order chi connectivity index (χ0) is 20.2. The Balaban J connectivity index is 1.35. The second-order valence-corrected chi connectivity index (χ2v) is 11.5. The quantitative estimate of drug-likeness (QED) is 0.703. The van der Waals surface area contributed by atoms with Crippen molar-refractivity contribution in [3.8, 4) is 0 Å². The fraction of sp³-hybridized carbons (Fsp3) is 0.920. The fourth-order valence-electron chi connectivity index (χ4n) is 8.62. The van der Waals surface area contributed by atoms with Gasteiger partial charge in [-0.1, -0.05) is 26.7 Å².